The van der Waals surface area contributed by atoms with E-state index in [1.54, 1.807) is 7.11 Å². The van der Waals surface area contributed by atoms with Gasteiger partial charge in [-0.05, 0) is 37.1 Å². The summed E-state index contributed by atoms with van der Waals surface area (Å²) in [4.78, 5) is 4.41. The summed E-state index contributed by atoms with van der Waals surface area (Å²) >= 11 is 0. The predicted octanol–water partition coefficient (Wildman–Crippen LogP) is 1.98. The van der Waals surface area contributed by atoms with Crippen LogP contribution in [0.5, 0.6) is 11.5 Å². The van der Waals surface area contributed by atoms with Gasteiger partial charge in [0.05, 0.1) is 13.7 Å². The van der Waals surface area contributed by atoms with Crippen LogP contribution in [0.3, 0.4) is 0 Å². The maximum Gasteiger partial charge on any atom is 0.191 e. The molecular weight excluding hydrogens is 322 g/mol. The molecule has 0 radical (unpaired) electrons. The van der Waals surface area contributed by atoms with E-state index in [4.69, 9.17) is 9.47 Å². The van der Waals surface area contributed by atoms with Gasteiger partial charge in [0, 0.05) is 13.1 Å². The van der Waals surface area contributed by atoms with E-state index in [0.29, 0.717) is 6.61 Å². The maximum atomic E-state index is 5.63. The number of guanidine groups is 1. The van der Waals surface area contributed by atoms with Crippen molar-refractivity contribution in [2.24, 2.45) is 4.99 Å². The topological polar surface area (TPSA) is 54.9 Å². The van der Waals surface area contributed by atoms with E-state index in [-0.39, 0.29) is 17.0 Å². The molecule has 20 heavy (non-hydrogen) atoms. The highest BCUT2D eigenvalue weighted by Gasteiger charge is 2.01. The Bertz CT molecular complexity index is 409. The molecule has 1 aromatic carbocycles. The molecule has 2 rings (SSSR count). The van der Waals surface area contributed by atoms with E-state index in [0.717, 1.165) is 43.5 Å². The molecular formula is C14H22BrN3O2. The second-order valence-electron chi connectivity index (χ2n) is 4.31. The number of rotatable bonds is 5. The average molecular weight is 344 g/mol. The summed E-state index contributed by atoms with van der Waals surface area (Å²) in [6.07, 6.45) is 2.33. The van der Waals surface area contributed by atoms with Crippen LogP contribution in [0.25, 0.3) is 0 Å². The Balaban J connectivity index is 0.00000200. The summed E-state index contributed by atoms with van der Waals surface area (Å²) in [5.41, 5.74) is 0. The number of methoxy groups -OCH3 is 1. The Labute approximate surface area is 130 Å². The minimum Gasteiger partial charge on any atom is -0.497 e. The third-order valence-corrected chi connectivity index (χ3v) is 2.87. The van der Waals surface area contributed by atoms with Crippen molar-refractivity contribution in [3.05, 3.63) is 24.3 Å². The molecule has 5 nitrogen and oxygen atoms in total. The van der Waals surface area contributed by atoms with Crippen LogP contribution in [-0.4, -0.2) is 39.3 Å². The molecule has 0 amide bonds. The van der Waals surface area contributed by atoms with E-state index in [1.807, 2.05) is 24.3 Å². The first kappa shape index (κ1) is 16.6. The Kier molecular flexibility index (Phi) is 7.87. The first-order chi connectivity index (χ1) is 9.38. The Hall–Kier alpha value is -1.43. The van der Waals surface area contributed by atoms with E-state index >= 15 is 0 Å². The fourth-order valence-corrected chi connectivity index (χ4v) is 1.82. The monoisotopic (exact) mass is 343 g/mol. The fourth-order valence-electron chi connectivity index (χ4n) is 1.82. The molecule has 112 valence electrons. The van der Waals surface area contributed by atoms with Crippen molar-refractivity contribution < 1.29 is 9.47 Å². The van der Waals surface area contributed by atoms with Gasteiger partial charge in [-0.15, -0.1) is 17.0 Å². The van der Waals surface area contributed by atoms with Crippen LogP contribution in [0, 0.1) is 0 Å². The highest BCUT2D eigenvalue weighted by molar-refractivity contribution is 8.93. The summed E-state index contributed by atoms with van der Waals surface area (Å²) in [6.45, 7) is 3.23. The molecule has 0 spiro atoms. The molecule has 0 saturated carbocycles. The van der Waals surface area contributed by atoms with E-state index in [1.165, 1.54) is 6.42 Å². The molecule has 0 aliphatic carbocycles. The van der Waals surface area contributed by atoms with Gasteiger partial charge in [-0.2, -0.15) is 0 Å². The van der Waals surface area contributed by atoms with Crippen LogP contribution < -0.4 is 20.1 Å². The maximum absolute atomic E-state index is 5.63. The van der Waals surface area contributed by atoms with Crippen molar-refractivity contribution in [2.75, 3.05) is 33.4 Å². The Morgan fingerprint density at radius 2 is 1.95 bits per heavy atom. The summed E-state index contributed by atoms with van der Waals surface area (Å²) in [7, 11) is 1.65. The molecule has 0 atom stereocenters. The van der Waals surface area contributed by atoms with Gasteiger partial charge in [-0.1, -0.05) is 0 Å². The molecule has 1 aliphatic rings. The van der Waals surface area contributed by atoms with Gasteiger partial charge in [0.2, 0.25) is 0 Å². The quantitative estimate of drug-likeness (QED) is 0.802. The van der Waals surface area contributed by atoms with Crippen molar-refractivity contribution >= 4 is 22.9 Å². The summed E-state index contributed by atoms with van der Waals surface area (Å²) < 4.78 is 10.7. The van der Waals surface area contributed by atoms with Gasteiger partial charge in [-0.25, -0.2) is 0 Å². The van der Waals surface area contributed by atoms with Crippen molar-refractivity contribution in [1.29, 1.82) is 0 Å². The molecule has 0 saturated heterocycles. The van der Waals surface area contributed by atoms with Gasteiger partial charge < -0.3 is 20.1 Å². The van der Waals surface area contributed by atoms with Crippen molar-refractivity contribution in [3.63, 3.8) is 0 Å². The number of benzene rings is 1. The van der Waals surface area contributed by atoms with Crippen LogP contribution in [-0.2, 0) is 0 Å². The van der Waals surface area contributed by atoms with E-state index in [2.05, 4.69) is 15.6 Å². The minimum atomic E-state index is 0. The van der Waals surface area contributed by atoms with Crippen LogP contribution in [0.15, 0.2) is 29.3 Å². The molecule has 1 aliphatic heterocycles. The largest absolute Gasteiger partial charge is 0.497 e. The summed E-state index contributed by atoms with van der Waals surface area (Å²) in [5.74, 6) is 2.57. The standard InChI is InChI=1S/C14H21N3O2.BrH/c1-18-12-4-6-13(7-5-12)19-11-10-17-14-15-8-2-3-9-16-14;/h4-7H,2-3,8-11H2,1H3,(H2,15,16,17);1H. The Morgan fingerprint density at radius 1 is 1.20 bits per heavy atom. The SMILES string of the molecule is Br.COc1ccc(OCCNC2=NCCCCN2)cc1. The fraction of sp³-hybridized carbons (Fsp3) is 0.500. The number of nitrogens with zero attached hydrogens (tertiary/aromatic N) is 1. The molecule has 1 heterocycles. The number of halogens is 1. The summed E-state index contributed by atoms with van der Waals surface area (Å²) in [5, 5.41) is 6.51. The van der Waals surface area contributed by atoms with Crippen molar-refractivity contribution in [3.8, 4) is 11.5 Å². The van der Waals surface area contributed by atoms with Gasteiger partial charge in [-0.3, -0.25) is 4.99 Å². The summed E-state index contributed by atoms with van der Waals surface area (Å²) in [6, 6.07) is 7.58. The number of hydrogen-bond donors (Lipinski definition) is 2. The third-order valence-electron chi connectivity index (χ3n) is 2.87. The van der Waals surface area contributed by atoms with Crippen LogP contribution in [0.2, 0.25) is 0 Å². The lowest BCUT2D eigenvalue weighted by molar-refractivity contribution is 0.321. The lowest BCUT2D eigenvalue weighted by Crippen LogP contribution is -2.39. The van der Waals surface area contributed by atoms with Crippen molar-refractivity contribution in [2.45, 2.75) is 12.8 Å². The molecule has 6 heteroatoms. The smallest absolute Gasteiger partial charge is 0.191 e. The number of aliphatic imine (C=N–C) groups is 1. The van der Waals surface area contributed by atoms with Crippen molar-refractivity contribution in [1.82, 2.24) is 10.6 Å². The normalized spacial score (nSPS) is 14.2. The molecule has 0 bridgehead atoms. The number of ether oxygens (including phenoxy) is 2. The van der Waals surface area contributed by atoms with E-state index < -0.39 is 0 Å². The highest BCUT2D eigenvalue weighted by atomic mass is 79.9. The Morgan fingerprint density at radius 3 is 2.70 bits per heavy atom. The number of nitrogens with one attached hydrogen (secondary N) is 2. The first-order valence-corrected chi connectivity index (χ1v) is 6.67. The molecule has 0 unspecified atom stereocenters. The second-order valence-corrected chi connectivity index (χ2v) is 4.31. The van der Waals surface area contributed by atoms with E-state index in [9.17, 15) is 0 Å². The lowest BCUT2D eigenvalue weighted by Gasteiger charge is -2.11. The van der Waals surface area contributed by atoms with Crippen LogP contribution >= 0.6 is 17.0 Å². The second kappa shape index (κ2) is 9.47. The average Bonchev–Trinajstić information content (AvgIpc) is 2.73. The molecule has 0 aromatic heterocycles. The van der Waals surface area contributed by atoms with Crippen LogP contribution in [0.1, 0.15) is 12.8 Å². The van der Waals surface area contributed by atoms with Gasteiger partial charge in [0.1, 0.15) is 18.1 Å². The van der Waals surface area contributed by atoms with Gasteiger partial charge in [0.15, 0.2) is 5.96 Å². The molecule has 0 fully saturated rings. The lowest BCUT2D eigenvalue weighted by atomic mass is 10.3. The molecule has 2 N–H and O–H groups in total. The minimum absolute atomic E-state index is 0. The highest BCUT2D eigenvalue weighted by Crippen LogP contribution is 2.16. The zero-order valence-corrected chi connectivity index (χ0v) is 13.4. The first-order valence-electron chi connectivity index (χ1n) is 6.67. The zero-order chi connectivity index (χ0) is 13.3. The molecule has 1 aromatic rings. The third kappa shape index (κ3) is 5.69. The van der Waals surface area contributed by atoms with Gasteiger partial charge in [0.25, 0.3) is 0 Å². The zero-order valence-electron chi connectivity index (χ0n) is 11.7. The van der Waals surface area contributed by atoms with Gasteiger partial charge >= 0.3 is 0 Å². The van der Waals surface area contributed by atoms with Crippen LogP contribution in [0.4, 0.5) is 0 Å². The number of hydrogen-bond acceptors (Lipinski definition) is 5. The predicted molar refractivity (Wildman–Crippen MR) is 86.4 cm³/mol.